The number of anilines is 1. The highest BCUT2D eigenvalue weighted by atomic mass is 35.5. The molecule has 0 unspecified atom stereocenters. The van der Waals surface area contributed by atoms with Gasteiger partial charge in [0, 0.05) is 24.3 Å². The van der Waals surface area contributed by atoms with E-state index in [1.54, 1.807) is 24.3 Å². The summed E-state index contributed by atoms with van der Waals surface area (Å²) in [5.74, 6) is -0.386. The van der Waals surface area contributed by atoms with Crippen LogP contribution in [0.4, 0.5) is 5.69 Å². The third-order valence-corrected chi connectivity index (χ3v) is 7.21. The largest absolute Gasteiger partial charge is 0.379 e. The van der Waals surface area contributed by atoms with Crippen LogP contribution in [0.2, 0.25) is 5.02 Å². The fourth-order valence-corrected chi connectivity index (χ4v) is 5.14. The van der Waals surface area contributed by atoms with E-state index >= 15 is 0 Å². The molecule has 0 aliphatic carbocycles. The Hall–Kier alpha value is -2.86. The van der Waals surface area contributed by atoms with Crippen LogP contribution in [-0.4, -0.2) is 65.1 Å². The van der Waals surface area contributed by atoms with E-state index in [4.69, 9.17) is 16.3 Å². The summed E-state index contributed by atoms with van der Waals surface area (Å²) in [6, 6.07) is 9.45. The molecule has 1 aromatic heterocycles. The van der Waals surface area contributed by atoms with E-state index in [9.17, 15) is 13.2 Å². The first-order valence-corrected chi connectivity index (χ1v) is 11.2. The molecule has 162 valence electrons. The van der Waals surface area contributed by atoms with Gasteiger partial charge in [-0.05, 0) is 59.3 Å². The zero-order valence-corrected chi connectivity index (χ0v) is 18.1. The van der Waals surface area contributed by atoms with Gasteiger partial charge in [0.1, 0.15) is 11.2 Å². The number of aryl methyl sites for hydroxylation is 1. The number of sulfonamides is 1. The van der Waals surface area contributed by atoms with Crippen LogP contribution >= 0.6 is 11.6 Å². The fraction of sp³-hybridized carbons (Fsp3) is 0.263. The molecule has 10 nitrogen and oxygen atoms in total. The molecule has 3 aromatic rings. The van der Waals surface area contributed by atoms with Gasteiger partial charge in [-0.1, -0.05) is 11.6 Å². The first-order chi connectivity index (χ1) is 14.9. The minimum Gasteiger partial charge on any atom is -0.379 e. The lowest BCUT2D eigenvalue weighted by molar-refractivity contribution is 0.0730. The van der Waals surface area contributed by atoms with Gasteiger partial charge in [-0.15, -0.1) is 5.10 Å². The first-order valence-electron chi connectivity index (χ1n) is 9.39. The monoisotopic (exact) mass is 462 g/mol. The van der Waals surface area contributed by atoms with Gasteiger partial charge < -0.3 is 10.1 Å². The number of hydrogen-bond acceptors (Lipinski definition) is 7. The third-order valence-electron chi connectivity index (χ3n) is 4.83. The minimum absolute atomic E-state index is 0.0564. The van der Waals surface area contributed by atoms with Crippen LogP contribution in [0.15, 0.2) is 47.6 Å². The van der Waals surface area contributed by atoms with E-state index in [-0.39, 0.29) is 28.9 Å². The average Bonchev–Trinajstić information content (AvgIpc) is 3.30. The van der Waals surface area contributed by atoms with Crippen LogP contribution in [-0.2, 0) is 14.8 Å². The predicted octanol–water partition coefficient (Wildman–Crippen LogP) is 1.90. The molecule has 1 aliphatic heterocycles. The Labute approximate surface area is 183 Å². The van der Waals surface area contributed by atoms with E-state index in [2.05, 4.69) is 20.8 Å². The van der Waals surface area contributed by atoms with Crippen molar-refractivity contribution in [3.05, 3.63) is 58.9 Å². The zero-order valence-electron chi connectivity index (χ0n) is 16.5. The van der Waals surface area contributed by atoms with Crippen molar-refractivity contribution in [2.24, 2.45) is 0 Å². The van der Waals surface area contributed by atoms with Crippen molar-refractivity contribution < 1.29 is 17.9 Å². The van der Waals surface area contributed by atoms with Gasteiger partial charge in [-0.25, -0.2) is 13.1 Å². The van der Waals surface area contributed by atoms with Crippen molar-refractivity contribution >= 4 is 33.2 Å². The Morgan fingerprint density at radius 1 is 1.16 bits per heavy atom. The summed E-state index contributed by atoms with van der Waals surface area (Å²) in [5, 5.41) is 13.9. The number of morpholine rings is 1. The highest BCUT2D eigenvalue weighted by Gasteiger charge is 2.28. The second-order valence-electron chi connectivity index (χ2n) is 6.87. The van der Waals surface area contributed by atoms with Crippen molar-refractivity contribution in [2.75, 3.05) is 31.6 Å². The number of aromatic nitrogens is 4. The number of tetrazole rings is 1. The number of nitrogens with zero attached hydrogens (tertiary/aromatic N) is 5. The predicted molar refractivity (Wildman–Crippen MR) is 113 cm³/mol. The van der Waals surface area contributed by atoms with Gasteiger partial charge in [0.2, 0.25) is 10.0 Å². The van der Waals surface area contributed by atoms with Gasteiger partial charge in [0.25, 0.3) is 5.91 Å². The van der Waals surface area contributed by atoms with Gasteiger partial charge in [0.05, 0.1) is 23.9 Å². The van der Waals surface area contributed by atoms with Gasteiger partial charge in [-0.2, -0.15) is 4.31 Å². The first kappa shape index (κ1) is 21.4. The van der Waals surface area contributed by atoms with Crippen molar-refractivity contribution in [1.82, 2.24) is 24.5 Å². The van der Waals surface area contributed by atoms with Crippen molar-refractivity contribution in [1.29, 1.82) is 0 Å². The summed E-state index contributed by atoms with van der Waals surface area (Å²) < 4.78 is 34.0. The lowest BCUT2D eigenvalue weighted by atomic mass is 10.1. The number of nitrogens with one attached hydrogen (secondary N) is 1. The number of amides is 1. The maximum absolute atomic E-state index is 13.0. The van der Waals surface area contributed by atoms with E-state index in [0.717, 1.165) is 11.3 Å². The van der Waals surface area contributed by atoms with E-state index in [1.807, 2.05) is 6.92 Å². The molecule has 1 aliphatic rings. The number of halogens is 1. The second kappa shape index (κ2) is 8.71. The van der Waals surface area contributed by atoms with Gasteiger partial charge >= 0.3 is 0 Å². The van der Waals surface area contributed by atoms with Crippen molar-refractivity contribution in [3.63, 3.8) is 0 Å². The molecule has 0 spiro atoms. The van der Waals surface area contributed by atoms with Crippen LogP contribution in [0.1, 0.15) is 15.9 Å². The third kappa shape index (κ3) is 4.44. The standard InChI is InChI=1S/C19H19ClN6O4S/c1-13-10-14(2-5-17(13)26-12-21-23-24-26)19(27)22-15-3-4-16(20)18(11-15)31(28,29)25-6-8-30-9-7-25/h2-5,10-12H,6-9H2,1H3,(H,22,27). The van der Waals surface area contributed by atoms with Crippen molar-refractivity contribution in [2.45, 2.75) is 11.8 Å². The second-order valence-corrected chi connectivity index (χ2v) is 9.19. The number of rotatable bonds is 5. The SMILES string of the molecule is Cc1cc(C(=O)Nc2ccc(Cl)c(S(=O)(=O)N3CCOCC3)c2)ccc1-n1cnnn1. The Kier molecular flexibility index (Phi) is 6.01. The molecule has 1 amide bonds. The molecule has 1 fully saturated rings. The lowest BCUT2D eigenvalue weighted by Crippen LogP contribution is -2.40. The van der Waals surface area contributed by atoms with Crippen molar-refractivity contribution in [3.8, 4) is 5.69 Å². The number of carbonyl (C=O) groups excluding carboxylic acids is 1. The lowest BCUT2D eigenvalue weighted by Gasteiger charge is -2.26. The molecular weight excluding hydrogens is 444 g/mol. The topological polar surface area (TPSA) is 119 Å². The average molecular weight is 463 g/mol. The normalized spacial score (nSPS) is 15.0. The van der Waals surface area contributed by atoms with Crippen LogP contribution in [0.5, 0.6) is 0 Å². The quantitative estimate of drug-likeness (QED) is 0.614. The van der Waals surface area contributed by atoms with Crippen LogP contribution in [0.25, 0.3) is 5.69 Å². The molecule has 0 saturated carbocycles. The number of hydrogen-bond donors (Lipinski definition) is 1. The molecule has 0 atom stereocenters. The Morgan fingerprint density at radius 2 is 1.94 bits per heavy atom. The molecule has 1 saturated heterocycles. The Morgan fingerprint density at radius 3 is 2.61 bits per heavy atom. The van der Waals surface area contributed by atoms with Gasteiger partial charge in [0.15, 0.2) is 0 Å². The smallest absolute Gasteiger partial charge is 0.255 e. The zero-order chi connectivity index (χ0) is 22.0. The highest BCUT2D eigenvalue weighted by molar-refractivity contribution is 7.89. The maximum atomic E-state index is 13.0. The van der Waals surface area contributed by atoms with Gasteiger partial charge in [-0.3, -0.25) is 4.79 Å². The number of benzene rings is 2. The van der Waals surface area contributed by atoms with Crippen LogP contribution in [0, 0.1) is 6.92 Å². The summed E-state index contributed by atoms with van der Waals surface area (Å²) in [6.45, 7) is 2.99. The molecule has 12 heteroatoms. The summed E-state index contributed by atoms with van der Waals surface area (Å²) >= 11 is 6.17. The number of carbonyl (C=O) groups is 1. The van der Waals surface area contributed by atoms with Crippen LogP contribution in [0.3, 0.4) is 0 Å². The molecule has 2 heterocycles. The fourth-order valence-electron chi connectivity index (χ4n) is 3.23. The summed E-state index contributed by atoms with van der Waals surface area (Å²) in [7, 11) is -3.80. The van der Waals surface area contributed by atoms with E-state index in [1.165, 1.54) is 27.4 Å². The minimum atomic E-state index is -3.80. The molecule has 2 aromatic carbocycles. The highest BCUT2D eigenvalue weighted by Crippen LogP contribution is 2.28. The molecular formula is C19H19ClN6O4S. The number of ether oxygens (including phenoxy) is 1. The molecule has 1 N–H and O–H groups in total. The maximum Gasteiger partial charge on any atom is 0.255 e. The Balaban J connectivity index is 1.56. The molecule has 0 bridgehead atoms. The summed E-state index contributed by atoms with van der Waals surface area (Å²) in [5.41, 5.74) is 2.27. The molecule has 31 heavy (non-hydrogen) atoms. The summed E-state index contributed by atoms with van der Waals surface area (Å²) in [6.07, 6.45) is 1.46. The Bertz CT molecular complexity index is 1210. The van der Waals surface area contributed by atoms with Crippen LogP contribution < -0.4 is 5.32 Å². The van der Waals surface area contributed by atoms with E-state index < -0.39 is 10.0 Å². The molecule has 0 radical (unpaired) electrons. The summed E-state index contributed by atoms with van der Waals surface area (Å²) in [4.78, 5) is 12.7. The molecule has 4 rings (SSSR count). The van der Waals surface area contributed by atoms with E-state index in [0.29, 0.717) is 24.5 Å².